The van der Waals surface area contributed by atoms with Crippen molar-refractivity contribution in [2.24, 2.45) is 11.0 Å². The quantitative estimate of drug-likeness (QED) is 0.536. The predicted molar refractivity (Wildman–Crippen MR) is 108 cm³/mol. The summed E-state index contributed by atoms with van der Waals surface area (Å²) in [6, 6.07) is 8.21. The third-order valence-electron chi connectivity index (χ3n) is 5.74. The van der Waals surface area contributed by atoms with Gasteiger partial charge in [0.25, 0.3) is 5.91 Å². The largest absolute Gasteiger partial charge is 0.396 e. The van der Waals surface area contributed by atoms with Crippen molar-refractivity contribution in [1.29, 1.82) is 0 Å². The highest BCUT2D eigenvalue weighted by Crippen LogP contribution is 2.32. The normalized spacial score (nSPS) is 19.7. The first-order valence-corrected chi connectivity index (χ1v) is 10.1. The lowest BCUT2D eigenvalue weighted by Crippen LogP contribution is -2.20. The number of nitrogens with one attached hydrogen (secondary N) is 2. The van der Waals surface area contributed by atoms with Crippen molar-refractivity contribution in [1.82, 2.24) is 10.4 Å². The number of aromatic amines is 1. The maximum absolute atomic E-state index is 12.5. The topological polar surface area (TPSA) is 77.5 Å². The van der Waals surface area contributed by atoms with E-state index < -0.39 is 0 Å². The van der Waals surface area contributed by atoms with Gasteiger partial charge in [-0.1, -0.05) is 37.5 Å². The minimum Gasteiger partial charge on any atom is -0.396 e. The van der Waals surface area contributed by atoms with E-state index in [1.807, 2.05) is 18.2 Å². The second-order valence-electron chi connectivity index (χ2n) is 7.57. The van der Waals surface area contributed by atoms with Gasteiger partial charge in [-0.15, -0.1) is 0 Å². The van der Waals surface area contributed by atoms with Crippen LogP contribution in [0.1, 0.15) is 56.2 Å². The van der Waals surface area contributed by atoms with E-state index in [0.717, 1.165) is 65.5 Å². The number of fused-ring (bicyclic) bond motifs is 1. The number of rotatable bonds is 6. The van der Waals surface area contributed by atoms with Crippen LogP contribution in [-0.2, 0) is 11.2 Å². The van der Waals surface area contributed by atoms with E-state index in [9.17, 15) is 4.79 Å². The van der Waals surface area contributed by atoms with Crippen LogP contribution in [0.4, 0.5) is 0 Å². The van der Waals surface area contributed by atoms with E-state index in [2.05, 4.69) is 27.6 Å². The predicted octanol–water partition coefficient (Wildman–Crippen LogP) is 3.93. The summed E-state index contributed by atoms with van der Waals surface area (Å²) in [5, 5.41) is 14.6. The monoisotopic (exact) mass is 365 g/mol. The van der Waals surface area contributed by atoms with Crippen LogP contribution in [0.25, 0.3) is 17.0 Å². The Balaban J connectivity index is 1.72. The molecule has 5 nitrogen and oxygen atoms in total. The molecule has 1 fully saturated rings. The van der Waals surface area contributed by atoms with E-state index in [1.165, 1.54) is 19.3 Å². The van der Waals surface area contributed by atoms with Gasteiger partial charge in [0.15, 0.2) is 0 Å². The zero-order valence-corrected chi connectivity index (χ0v) is 15.6. The summed E-state index contributed by atoms with van der Waals surface area (Å²) < 4.78 is 0. The van der Waals surface area contributed by atoms with Crippen LogP contribution in [0.2, 0.25) is 0 Å². The van der Waals surface area contributed by atoms with Gasteiger partial charge in [0.05, 0.1) is 11.3 Å². The van der Waals surface area contributed by atoms with Gasteiger partial charge < -0.3 is 10.1 Å². The lowest BCUT2D eigenvalue weighted by atomic mass is 9.83. The minimum atomic E-state index is -0.0952. The number of unbranched alkanes of at least 4 members (excludes halogenated alkanes) is 1. The molecule has 2 heterocycles. The van der Waals surface area contributed by atoms with Crippen molar-refractivity contribution in [2.75, 3.05) is 6.61 Å². The van der Waals surface area contributed by atoms with E-state index in [4.69, 9.17) is 5.11 Å². The van der Waals surface area contributed by atoms with Crippen LogP contribution >= 0.6 is 0 Å². The SMILES string of the molecule is O=C1NN=C(C2CCCCC2)C1=Cc1c(CCCCO)[nH]c2ccccc12. The van der Waals surface area contributed by atoms with Gasteiger partial charge in [-0.25, -0.2) is 5.43 Å². The molecule has 1 saturated carbocycles. The number of H-pyrrole nitrogens is 1. The van der Waals surface area contributed by atoms with Crippen LogP contribution in [-0.4, -0.2) is 28.3 Å². The molecule has 5 heteroatoms. The highest BCUT2D eigenvalue weighted by Gasteiger charge is 2.30. The zero-order chi connectivity index (χ0) is 18.6. The number of aliphatic hydroxyl groups is 1. The number of benzene rings is 1. The maximum atomic E-state index is 12.5. The first kappa shape index (κ1) is 18.0. The van der Waals surface area contributed by atoms with Gasteiger partial charge in [-0.05, 0) is 44.2 Å². The molecule has 1 aromatic heterocycles. The van der Waals surface area contributed by atoms with Crippen molar-refractivity contribution < 1.29 is 9.90 Å². The Morgan fingerprint density at radius 3 is 2.78 bits per heavy atom. The number of carbonyl (C=O) groups is 1. The third kappa shape index (κ3) is 3.69. The van der Waals surface area contributed by atoms with Gasteiger partial charge >= 0.3 is 0 Å². The molecule has 0 bridgehead atoms. The molecule has 1 aliphatic heterocycles. The van der Waals surface area contributed by atoms with E-state index in [1.54, 1.807) is 0 Å². The maximum Gasteiger partial charge on any atom is 0.273 e. The third-order valence-corrected chi connectivity index (χ3v) is 5.74. The van der Waals surface area contributed by atoms with Crippen LogP contribution in [0.15, 0.2) is 34.9 Å². The molecule has 4 rings (SSSR count). The molecule has 0 radical (unpaired) electrons. The molecule has 1 aliphatic carbocycles. The summed E-state index contributed by atoms with van der Waals surface area (Å²) in [6.45, 7) is 0.206. The average molecular weight is 365 g/mol. The lowest BCUT2D eigenvalue weighted by molar-refractivity contribution is -0.116. The van der Waals surface area contributed by atoms with Crippen molar-refractivity contribution in [3.8, 4) is 0 Å². The number of aromatic nitrogens is 1. The highest BCUT2D eigenvalue weighted by atomic mass is 16.2. The Morgan fingerprint density at radius 1 is 1.15 bits per heavy atom. The van der Waals surface area contributed by atoms with E-state index in [-0.39, 0.29) is 12.5 Å². The second-order valence-corrected chi connectivity index (χ2v) is 7.57. The standard InChI is InChI=1S/C22H27N3O2/c26-13-7-6-12-20-17(16-10-4-5-11-19(16)23-20)14-18-21(24-25-22(18)27)15-8-2-1-3-9-15/h4-5,10-11,14-15,23,26H,1-3,6-9,12-13H2,(H,25,27). The van der Waals surface area contributed by atoms with Crippen LogP contribution in [0, 0.1) is 5.92 Å². The zero-order valence-electron chi connectivity index (χ0n) is 15.6. The summed E-state index contributed by atoms with van der Waals surface area (Å²) in [5.74, 6) is 0.286. The number of carbonyl (C=O) groups excluding carboxylic acids is 1. The van der Waals surface area contributed by atoms with Crippen LogP contribution < -0.4 is 5.43 Å². The molecule has 1 amide bonds. The fourth-order valence-corrected chi connectivity index (χ4v) is 4.31. The number of aliphatic hydroxyl groups excluding tert-OH is 1. The molecule has 27 heavy (non-hydrogen) atoms. The van der Waals surface area contributed by atoms with Gasteiger partial charge in [0.1, 0.15) is 0 Å². The molecule has 0 saturated heterocycles. The summed E-state index contributed by atoms with van der Waals surface area (Å²) in [4.78, 5) is 16.0. The number of amides is 1. The Hall–Kier alpha value is -2.40. The molecule has 0 spiro atoms. The Morgan fingerprint density at radius 2 is 1.96 bits per heavy atom. The summed E-state index contributed by atoms with van der Waals surface area (Å²) in [7, 11) is 0. The molecule has 0 unspecified atom stereocenters. The number of hydrazone groups is 1. The first-order valence-electron chi connectivity index (χ1n) is 10.1. The molecule has 2 aliphatic rings. The van der Waals surface area contributed by atoms with Gasteiger partial charge in [-0.3, -0.25) is 4.79 Å². The van der Waals surface area contributed by atoms with Crippen LogP contribution in [0.5, 0.6) is 0 Å². The van der Waals surface area contributed by atoms with Crippen molar-refractivity contribution >= 4 is 28.6 Å². The number of nitrogens with zero attached hydrogens (tertiary/aromatic N) is 1. The Labute approximate surface area is 159 Å². The second kappa shape index (κ2) is 8.09. The van der Waals surface area contributed by atoms with Crippen molar-refractivity contribution in [3.05, 3.63) is 41.1 Å². The molecule has 1 aromatic carbocycles. The number of hydrogen-bond acceptors (Lipinski definition) is 3. The summed E-state index contributed by atoms with van der Waals surface area (Å²) >= 11 is 0. The van der Waals surface area contributed by atoms with Gasteiger partial charge in [0, 0.05) is 34.7 Å². The van der Waals surface area contributed by atoms with Crippen molar-refractivity contribution in [2.45, 2.75) is 51.4 Å². The first-order chi connectivity index (χ1) is 13.3. The van der Waals surface area contributed by atoms with Crippen LogP contribution in [0.3, 0.4) is 0 Å². The van der Waals surface area contributed by atoms with Gasteiger partial charge in [-0.2, -0.15) is 5.10 Å². The molecule has 142 valence electrons. The van der Waals surface area contributed by atoms with Gasteiger partial charge in [0.2, 0.25) is 0 Å². The van der Waals surface area contributed by atoms with E-state index in [0.29, 0.717) is 5.92 Å². The molecule has 0 atom stereocenters. The number of aryl methyl sites for hydroxylation is 1. The fraction of sp³-hybridized carbons (Fsp3) is 0.455. The molecular weight excluding hydrogens is 338 g/mol. The number of hydrogen-bond donors (Lipinski definition) is 3. The lowest BCUT2D eigenvalue weighted by Gasteiger charge is -2.21. The number of para-hydroxylation sites is 1. The van der Waals surface area contributed by atoms with Crippen molar-refractivity contribution in [3.63, 3.8) is 0 Å². The molecule has 2 aromatic rings. The molecule has 3 N–H and O–H groups in total. The smallest absolute Gasteiger partial charge is 0.273 e. The summed E-state index contributed by atoms with van der Waals surface area (Å²) in [5.41, 5.74) is 7.63. The minimum absolute atomic E-state index is 0.0952. The van der Waals surface area contributed by atoms with E-state index >= 15 is 0 Å². The summed E-state index contributed by atoms with van der Waals surface area (Å²) in [6.07, 6.45) is 10.5. The average Bonchev–Trinajstić information content (AvgIpc) is 3.24. The highest BCUT2D eigenvalue weighted by molar-refractivity contribution is 6.28. The Bertz CT molecular complexity index is 888. The Kier molecular flexibility index (Phi) is 5.39. The molecular formula is C22H27N3O2. The fourth-order valence-electron chi connectivity index (χ4n) is 4.31.